The quantitative estimate of drug-likeness (QED) is 0.532. The lowest BCUT2D eigenvalue weighted by Gasteiger charge is -2.12. The number of aryl methyl sites for hydroxylation is 1. The minimum atomic E-state index is -0.190. The van der Waals surface area contributed by atoms with Crippen molar-refractivity contribution in [3.05, 3.63) is 51.8 Å². The van der Waals surface area contributed by atoms with Gasteiger partial charge in [-0.25, -0.2) is 4.98 Å². The molecule has 4 heterocycles. The summed E-state index contributed by atoms with van der Waals surface area (Å²) in [7, 11) is 0. The van der Waals surface area contributed by atoms with E-state index in [1.54, 1.807) is 17.4 Å². The van der Waals surface area contributed by atoms with E-state index >= 15 is 0 Å². The Bertz CT molecular complexity index is 1230. The van der Waals surface area contributed by atoms with Gasteiger partial charge in [-0.3, -0.25) is 9.78 Å². The highest BCUT2D eigenvalue weighted by atomic mass is 32.1. The highest BCUT2D eigenvalue weighted by molar-refractivity contribution is 7.59. The average Bonchev–Trinajstić information content (AvgIpc) is 3.38. The second-order valence-corrected chi connectivity index (χ2v) is 8.07. The summed E-state index contributed by atoms with van der Waals surface area (Å²) < 4.78 is 12.4. The molecule has 150 valence electrons. The molecule has 1 atom stereocenters. The maximum atomic E-state index is 12.8. The number of hydrogen-bond donors (Lipinski definition) is 1. The summed E-state index contributed by atoms with van der Waals surface area (Å²) in [4.78, 5) is 24.8. The van der Waals surface area contributed by atoms with Crippen molar-refractivity contribution in [3.8, 4) is 17.3 Å². The van der Waals surface area contributed by atoms with Crippen LogP contribution in [0, 0.1) is 12.8 Å². The molecule has 0 amide bonds. The number of aromatic nitrogens is 3. The molecular formula is C21H21N3O3S2. The van der Waals surface area contributed by atoms with Gasteiger partial charge < -0.3 is 14.5 Å². The molecule has 1 aliphatic heterocycles. The van der Waals surface area contributed by atoms with Gasteiger partial charge >= 0.3 is 0 Å². The van der Waals surface area contributed by atoms with Crippen LogP contribution in [-0.4, -0.2) is 34.8 Å². The van der Waals surface area contributed by atoms with Gasteiger partial charge in [-0.1, -0.05) is 0 Å². The third-order valence-electron chi connectivity index (χ3n) is 5.07. The summed E-state index contributed by atoms with van der Waals surface area (Å²) in [6.45, 7) is 4.07. The molecule has 8 heteroatoms. The Morgan fingerprint density at radius 2 is 2.24 bits per heavy atom. The van der Waals surface area contributed by atoms with Crippen LogP contribution in [0.25, 0.3) is 32.5 Å². The zero-order chi connectivity index (χ0) is 19.1. The van der Waals surface area contributed by atoms with Crippen LogP contribution in [-0.2, 0) is 4.74 Å². The Morgan fingerprint density at radius 1 is 1.34 bits per heavy atom. The van der Waals surface area contributed by atoms with Gasteiger partial charge in [-0.15, -0.1) is 11.3 Å². The second kappa shape index (κ2) is 8.14. The highest BCUT2D eigenvalue weighted by Crippen LogP contribution is 2.26. The van der Waals surface area contributed by atoms with E-state index in [-0.39, 0.29) is 19.1 Å². The Morgan fingerprint density at radius 3 is 3.07 bits per heavy atom. The van der Waals surface area contributed by atoms with E-state index in [2.05, 4.69) is 15.0 Å². The van der Waals surface area contributed by atoms with Crippen molar-refractivity contribution < 1.29 is 9.47 Å². The predicted molar refractivity (Wildman–Crippen MR) is 121 cm³/mol. The molecule has 0 spiro atoms. The van der Waals surface area contributed by atoms with Crippen molar-refractivity contribution in [1.82, 2.24) is 15.0 Å². The Kier molecular flexibility index (Phi) is 5.58. The molecule has 0 bridgehead atoms. The Labute approximate surface area is 178 Å². The number of fused-ring (bicyclic) bond motifs is 2. The van der Waals surface area contributed by atoms with E-state index < -0.39 is 0 Å². The molecule has 1 aromatic carbocycles. The number of hydrogen-bond acceptors (Lipinski definition) is 6. The maximum absolute atomic E-state index is 12.8. The number of rotatable bonds is 4. The van der Waals surface area contributed by atoms with Crippen molar-refractivity contribution >= 4 is 45.8 Å². The molecule has 0 saturated carbocycles. The normalized spacial score (nSPS) is 16.2. The summed E-state index contributed by atoms with van der Waals surface area (Å²) in [5.41, 5.74) is 2.04. The molecule has 4 aromatic rings. The number of aromatic amines is 1. The molecule has 1 N–H and O–H groups in total. The zero-order valence-corrected chi connectivity index (χ0v) is 17.7. The van der Waals surface area contributed by atoms with Gasteiger partial charge in [0, 0.05) is 18.7 Å². The molecule has 1 saturated heterocycles. The largest absolute Gasteiger partial charge is 0.493 e. The van der Waals surface area contributed by atoms with Crippen LogP contribution < -0.4 is 10.3 Å². The van der Waals surface area contributed by atoms with Gasteiger partial charge in [0.05, 0.1) is 28.8 Å². The highest BCUT2D eigenvalue weighted by Gasteiger charge is 2.17. The first kappa shape index (κ1) is 19.9. The van der Waals surface area contributed by atoms with Crippen molar-refractivity contribution in [2.75, 3.05) is 19.8 Å². The van der Waals surface area contributed by atoms with Crippen molar-refractivity contribution in [3.63, 3.8) is 0 Å². The smallest absolute Gasteiger partial charge is 0.259 e. The van der Waals surface area contributed by atoms with Crippen LogP contribution in [0.2, 0.25) is 0 Å². The SMILES string of the molecule is Cc1cc(OC[C@H]2CCOC2)cc2c(=O)[nH]c(-c3cc4ccsc4cn3)nc12.S. The topological polar surface area (TPSA) is 77.1 Å². The lowest BCUT2D eigenvalue weighted by atomic mass is 10.1. The van der Waals surface area contributed by atoms with Gasteiger partial charge in [0.25, 0.3) is 5.56 Å². The first-order valence-electron chi connectivity index (χ1n) is 9.26. The van der Waals surface area contributed by atoms with E-state index in [1.807, 2.05) is 36.7 Å². The van der Waals surface area contributed by atoms with Crippen LogP contribution in [0.1, 0.15) is 12.0 Å². The number of nitrogens with zero attached hydrogens (tertiary/aromatic N) is 2. The number of H-pyrrole nitrogens is 1. The second-order valence-electron chi connectivity index (χ2n) is 7.12. The first-order chi connectivity index (χ1) is 13.7. The van der Waals surface area contributed by atoms with Gasteiger partial charge in [-0.05, 0) is 53.9 Å². The van der Waals surface area contributed by atoms with Crippen LogP contribution in [0.5, 0.6) is 5.75 Å². The monoisotopic (exact) mass is 427 g/mol. The van der Waals surface area contributed by atoms with Crippen LogP contribution >= 0.6 is 24.8 Å². The van der Waals surface area contributed by atoms with Crippen molar-refractivity contribution in [2.45, 2.75) is 13.3 Å². The molecular weight excluding hydrogens is 406 g/mol. The van der Waals surface area contributed by atoms with Crippen LogP contribution in [0.3, 0.4) is 0 Å². The van der Waals surface area contributed by atoms with Crippen LogP contribution in [0.4, 0.5) is 0 Å². The predicted octanol–water partition coefficient (Wildman–Crippen LogP) is 4.04. The fraction of sp³-hybridized carbons (Fsp3) is 0.286. The molecule has 0 radical (unpaired) electrons. The Balaban J connectivity index is 0.00000205. The minimum Gasteiger partial charge on any atom is -0.493 e. The summed E-state index contributed by atoms with van der Waals surface area (Å²) in [5.74, 6) is 1.58. The van der Waals surface area contributed by atoms with Gasteiger partial charge in [0.2, 0.25) is 0 Å². The number of pyridine rings is 1. The van der Waals surface area contributed by atoms with Crippen molar-refractivity contribution in [1.29, 1.82) is 0 Å². The number of thiophene rings is 1. The molecule has 1 aliphatic rings. The minimum absolute atomic E-state index is 0. The molecule has 1 fully saturated rings. The molecule has 0 unspecified atom stereocenters. The standard InChI is InChI=1S/C21H19N3O3S.H2S/c1-12-6-15(27-11-13-2-4-26-10-13)8-16-19(12)23-20(24-21(16)25)17-7-14-3-5-28-18(14)9-22-17;/h3,5-9,13H,2,4,10-11H2,1H3,(H,23,24,25);1H2/t13-;/m0./s1. The van der Waals surface area contributed by atoms with E-state index in [0.717, 1.165) is 35.3 Å². The molecule has 6 nitrogen and oxygen atoms in total. The molecule has 0 aliphatic carbocycles. The third kappa shape index (κ3) is 3.88. The van der Waals surface area contributed by atoms with Gasteiger partial charge in [-0.2, -0.15) is 13.5 Å². The molecule has 3 aromatic heterocycles. The fourth-order valence-electron chi connectivity index (χ4n) is 3.51. The van der Waals surface area contributed by atoms with E-state index in [9.17, 15) is 4.79 Å². The summed E-state index contributed by atoms with van der Waals surface area (Å²) in [6.07, 6.45) is 2.83. The first-order valence-corrected chi connectivity index (χ1v) is 10.1. The van der Waals surface area contributed by atoms with E-state index in [1.165, 1.54) is 0 Å². The lowest BCUT2D eigenvalue weighted by Crippen LogP contribution is -2.13. The number of nitrogens with one attached hydrogen (secondary N) is 1. The van der Waals surface area contributed by atoms with Crippen LogP contribution in [0.15, 0.2) is 40.6 Å². The number of benzene rings is 1. The summed E-state index contributed by atoms with van der Waals surface area (Å²) in [5, 5.41) is 3.64. The van der Waals surface area contributed by atoms with Crippen molar-refractivity contribution in [2.24, 2.45) is 5.92 Å². The zero-order valence-electron chi connectivity index (χ0n) is 15.9. The molecule has 29 heavy (non-hydrogen) atoms. The van der Waals surface area contributed by atoms with Gasteiger partial charge in [0.1, 0.15) is 11.4 Å². The summed E-state index contributed by atoms with van der Waals surface area (Å²) in [6, 6.07) is 7.69. The van der Waals surface area contributed by atoms with E-state index in [4.69, 9.17) is 9.47 Å². The van der Waals surface area contributed by atoms with Gasteiger partial charge in [0.15, 0.2) is 5.82 Å². The third-order valence-corrected chi connectivity index (χ3v) is 5.93. The lowest BCUT2D eigenvalue weighted by molar-refractivity contribution is 0.167. The maximum Gasteiger partial charge on any atom is 0.259 e. The summed E-state index contributed by atoms with van der Waals surface area (Å²) >= 11 is 1.64. The average molecular weight is 428 g/mol. The Hall–Kier alpha value is -2.42. The fourth-order valence-corrected chi connectivity index (χ4v) is 4.25. The molecule has 5 rings (SSSR count). The number of ether oxygens (including phenoxy) is 2. The van der Waals surface area contributed by atoms with E-state index in [0.29, 0.717) is 40.7 Å².